The van der Waals surface area contributed by atoms with E-state index in [-0.39, 0.29) is 11.3 Å². The van der Waals surface area contributed by atoms with Crippen LogP contribution in [-0.2, 0) is 17.1 Å². The zero-order valence-electron chi connectivity index (χ0n) is 9.32. The summed E-state index contributed by atoms with van der Waals surface area (Å²) in [5.74, 6) is 0. The Morgan fingerprint density at radius 3 is 2.41 bits per heavy atom. The van der Waals surface area contributed by atoms with Gasteiger partial charge in [0.05, 0.1) is 4.90 Å². The second kappa shape index (κ2) is 4.69. The summed E-state index contributed by atoms with van der Waals surface area (Å²) in [5.41, 5.74) is 0. The predicted molar refractivity (Wildman–Crippen MR) is 55.9 cm³/mol. The lowest BCUT2D eigenvalue weighted by molar-refractivity contribution is -0.151. The molecule has 0 aromatic carbocycles. The molecule has 1 heterocycles. The van der Waals surface area contributed by atoms with Crippen LogP contribution in [0.2, 0.25) is 0 Å². The minimum atomic E-state index is -4.59. The third kappa shape index (κ3) is 3.47. The number of aromatic nitrogens is 1. The lowest BCUT2D eigenvalue weighted by Crippen LogP contribution is -2.44. The first-order valence-corrected chi connectivity index (χ1v) is 6.36. The minimum absolute atomic E-state index is 0.178. The molecule has 0 saturated carbocycles. The van der Waals surface area contributed by atoms with Gasteiger partial charge in [-0.1, -0.05) is 6.92 Å². The molecule has 0 bridgehead atoms. The van der Waals surface area contributed by atoms with Gasteiger partial charge in [0.15, 0.2) is 0 Å². The van der Waals surface area contributed by atoms with Crippen LogP contribution in [0.1, 0.15) is 13.3 Å². The largest absolute Gasteiger partial charge is 0.404 e. The molecule has 1 aromatic heterocycles. The fraction of sp³-hybridized carbons (Fsp3) is 0.556. The van der Waals surface area contributed by atoms with Crippen molar-refractivity contribution in [1.82, 2.24) is 9.29 Å². The van der Waals surface area contributed by atoms with Gasteiger partial charge in [0.1, 0.15) is 6.04 Å². The van der Waals surface area contributed by atoms with Gasteiger partial charge in [0.2, 0.25) is 10.0 Å². The maximum absolute atomic E-state index is 12.4. The first kappa shape index (κ1) is 14.0. The van der Waals surface area contributed by atoms with E-state index < -0.39 is 22.2 Å². The Bertz CT molecular complexity index is 479. The maximum Gasteiger partial charge on any atom is 0.404 e. The fourth-order valence-corrected chi connectivity index (χ4v) is 2.63. The predicted octanol–water partition coefficient (Wildman–Crippen LogP) is 1.64. The molecule has 0 radical (unpaired) electrons. The van der Waals surface area contributed by atoms with E-state index in [9.17, 15) is 21.6 Å². The zero-order valence-corrected chi connectivity index (χ0v) is 10.1. The number of nitrogens with one attached hydrogen (secondary N) is 1. The molecule has 98 valence electrons. The van der Waals surface area contributed by atoms with Crippen molar-refractivity contribution in [2.75, 3.05) is 0 Å². The number of sulfonamides is 1. The summed E-state index contributed by atoms with van der Waals surface area (Å²) in [6, 6.07) is -0.821. The van der Waals surface area contributed by atoms with Crippen LogP contribution in [0.25, 0.3) is 0 Å². The van der Waals surface area contributed by atoms with Gasteiger partial charge < -0.3 is 4.57 Å². The van der Waals surface area contributed by atoms with Gasteiger partial charge in [-0.3, -0.25) is 0 Å². The van der Waals surface area contributed by atoms with E-state index in [0.29, 0.717) is 0 Å². The van der Waals surface area contributed by atoms with Crippen LogP contribution < -0.4 is 4.72 Å². The van der Waals surface area contributed by atoms with Crippen molar-refractivity contribution in [3.05, 3.63) is 18.5 Å². The quantitative estimate of drug-likeness (QED) is 0.904. The van der Waals surface area contributed by atoms with Crippen molar-refractivity contribution in [2.45, 2.75) is 30.5 Å². The molecule has 0 aliphatic rings. The average molecular weight is 270 g/mol. The monoisotopic (exact) mass is 270 g/mol. The Hall–Kier alpha value is -1.02. The van der Waals surface area contributed by atoms with E-state index in [1.807, 2.05) is 0 Å². The van der Waals surface area contributed by atoms with Crippen LogP contribution in [0.5, 0.6) is 0 Å². The molecule has 1 N–H and O–H groups in total. The molecular weight excluding hydrogens is 257 g/mol. The van der Waals surface area contributed by atoms with Gasteiger partial charge in [-0.15, -0.1) is 0 Å². The van der Waals surface area contributed by atoms with Crippen molar-refractivity contribution < 1.29 is 21.6 Å². The summed E-state index contributed by atoms with van der Waals surface area (Å²) in [4.78, 5) is -0.178. The third-order valence-electron chi connectivity index (χ3n) is 2.22. The van der Waals surface area contributed by atoms with Crippen molar-refractivity contribution in [2.24, 2.45) is 7.05 Å². The van der Waals surface area contributed by atoms with Gasteiger partial charge in [-0.25, -0.2) is 8.42 Å². The molecule has 0 fully saturated rings. The molecule has 1 atom stereocenters. The zero-order chi connectivity index (χ0) is 13.3. The van der Waals surface area contributed by atoms with E-state index in [1.54, 1.807) is 11.8 Å². The van der Waals surface area contributed by atoms with E-state index in [0.717, 1.165) is 0 Å². The molecule has 8 heteroatoms. The van der Waals surface area contributed by atoms with Crippen LogP contribution in [0, 0.1) is 0 Å². The van der Waals surface area contributed by atoms with E-state index in [4.69, 9.17) is 0 Å². The van der Waals surface area contributed by atoms with E-state index in [1.165, 1.54) is 30.0 Å². The Morgan fingerprint density at radius 1 is 1.47 bits per heavy atom. The Labute approximate surface area is 97.5 Å². The topological polar surface area (TPSA) is 51.1 Å². The smallest absolute Gasteiger partial charge is 0.356 e. The minimum Gasteiger partial charge on any atom is -0.356 e. The molecule has 0 aliphatic carbocycles. The van der Waals surface area contributed by atoms with Gasteiger partial charge in [-0.2, -0.15) is 17.9 Å². The SMILES string of the molecule is CCC(NS(=O)(=O)c1ccn(C)c1)C(F)(F)F. The molecule has 0 amide bonds. The molecule has 0 spiro atoms. The number of halogens is 3. The number of alkyl halides is 3. The summed E-state index contributed by atoms with van der Waals surface area (Å²) < 4.78 is 63.7. The highest BCUT2D eigenvalue weighted by atomic mass is 32.2. The summed E-state index contributed by atoms with van der Waals surface area (Å²) in [7, 11) is -2.54. The number of nitrogens with zero attached hydrogens (tertiary/aromatic N) is 1. The normalized spacial score (nSPS) is 14.9. The molecule has 1 unspecified atom stereocenters. The van der Waals surface area contributed by atoms with Crippen molar-refractivity contribution >= 4 is 10.0 Å². The summed E-state index contributed by atoms with van der Waals surface area (Å²) >= 11 is 0. The molecule has 4 nitrogen and oxygen atoms in total. The van der Waals surface area contributed by atoms with Gasteiger partial charge >= 0.3 is 6.18 Å². The van der Waals surface area contributed by atoms with E-state index in [2.05, 4.69) is 0 Å². The van der Waals surface area contributed by atoms with Crippen LogP contribution in [0.3, 0.4) is 0 Å². The second-order valence-electron chi connectivity index (χ2n) is 3.64. The second-order valence-corrected chi connectivity index (χ2v) is 5.35. The lowest BCUT2D eigenvalue weighted by Gasteiger charge is -2.19. The van der Waals surface area contributed by atoms with E-state index >= 15 is 0 Å². The summed E-state index contributed by atoms with van der Waals surface area (Å²) in [6.07, 6.45) is -2.25. The first-order valence-electron chi connectivity index (χ1n) is 4.88. The Balaban J connectivity index is 2.94. The molecular formula is C9H13F3N2O2S. The van der Waals surface area contributed by atoms with Crippen LogP contribution in [0.15, 0.2) is 23.4 Å². The maximum atomic E-state index is 12.4. The van der Waals surface area contributed by atoms with Gasteiger partial charge in [0, 0.05) is 19.4 Å². The van der Waals surface area contributed by atoms with Crippen LogP contribution in [-0.4, -0.2) is 25.2 Å². The Morgan fingerprint density at radius 2 is 2.06 bits per heavy atom. The third-order valence-corrected chi connectivity index (χ3v) is 3.67. The lowest BCUT2D eigenvalue weighted by atomic mass is 10.2. The molecule has 17 heavy (non-hydrogen) atoms. The highest BCUT2D eigenvalue weighted by molar-refractivity contribution is 7.89. The molecule has 0 saturated heterocycles. The first-order chi connectivity index (χ1) is 7.66. The summed E-state index contributed by atoms with van der Waals surface area (Å²) in [6.45, 7) is 1.27. The van der Waals surface area contributed by atoms with Crippen molar-refractivity contribution in [3.8, 4) is 0 Å². The number of hydrogen-bond acceptors (Lipinski definition) is 2. The average Bonchev–Trinajstić information content (AvgIpc) is 2.60. The number of rotatable bonds is 4. The van der Waals surface area contributed by atoms with Crippen LogP contribution >= 0.6 is 0 Å². The Kier molecular flexibility index (Phi) is 3.88. The van der Waals surface area contributed by atoms with Crippen molar-refractivity contribution in [1.29, 1.82) is 0 Å². The molecule has 1 rings (SSSR count). The van der Waals surface area contributed by atoms with Gasteiger partial charge in [0.25, 0.3) is 0 Å². The van der Waals surface area contributed by atoms with Crippen molar-refractivity contribution in [3.63, 3.8) is 0 Å². The standard InChI is InChI=1S/C9H13F3N2O2S/c1-3-8(9(10,11)12)13-17(15,16)7-4-5-14(2)6-7/h4-6,8,13H,3H2,1-2H3. The number of aryl methyl sites for hydroxylation is 1. The fourth-order valence-electron chi connectivity index (χ4n) is 1.27. The summed E-state index contributed by atoms with van der Waals surface area (Å²) in [5, 5.41) is 0. The van der Waals surface area contributed by atoms with Crippen LogP contribution in [0.4, 0.5) is 13.2 Å². The highest BCUT2D eigenvalue weighted by Gasteiger charge is 2.41. The number of hydrogen-bond donors (Lipinski definition) is 1. The molecule has 0 aliphatic heterocycles. The highest BCUT2D eigenvalue weighted by Crippen LogP contribution is 2.24. The molecule has 1 aromatic rings. The van der Waals surface area contributed by atoms with Gasteiger partial charge in [-0.05, 0) is 12.5 Å².